The highest BCUT2D eigenvalue weighted by atomic mass is 16.2. The van der Waals surface area contributed by atoms with Gasteiger partial charge in [0, 0.05) is 30.7 Å². The van der Waals surface area contributed by atoms with Gasteiger partial charge in [-0.05, 0) is 55.2 Å². The minimum absolute atomic E-state index is 0.0289. The molecule has 4 nitrogen and oxygen atoms in total. The average Bonchev–Trinajstić information content (AvgIpc) is 3.16. The van der Waals surface area contributed by atoms with E-state index in [-0.39, 0.29) is 12.1 Å². The largest absolute Gasteiger partial charge is 0.348 e. The molecule has 2 aromatic carbocycles. The van der Waals surface area contributed by atoms with Gasteiger partial charge in [0.25, 0.3) is 0 Å². The van der Waals surface area contributed by atoms with Crippen LogP contribution in [-0.4, -0.2) is 22.0 Å². The molecule has 1 aromatic heterocycles. The highest BCUT2D eigenvalue weighted by Gasteiger charge is 2.31. The van der Waals surface area contributed by atoms with E-state index < -0.39 is 0 Å². The Kier molecular flexibility index (Phi) is 4.71. The van der Waals surface area contributed by atoms with Crippen LogP contribution in [0.4, 0.5) is 10.5 Å². The second-order valence-electron chi connectivity index (χ2n) is 7.20. The van der Waals surface area contributed by atoms with Gasteiger partial charge < -0.3 is 14.8 Å². The van der Waals surface area contributed by atoms with Gasteiger partial charge in [-0.3, -0.25) is 0 Å². The lowest BCUT2D eigenvalue weighted by atomic mass is 10.0. The molecular formula is C23H25N3O. The topological polar surface area (TPSA) is 37.3 Å². The van der Waals surface area contributed by atoms with Crippen LogP contribution in [0.15, 0.2) is 66.9 Å². The van der Waals surface area contributed by atoms with E-state index in [1.54, 1.807) is 0 Å². The summed E-state index contributed by atoms with van der Waals surface area (Å²) in [5.74, 6) is 0. The number of aromatic nitrogens is 1. The van der Waals surface area contributed by atoms with Crippen LogP contribution in [0.25, 0.3) is 0 Å². The Morgan fingerprint density at radius 3 is 2.63 bits per heavy atom. The van der Waals surface area contributed by atoms with Crippen LogP contribution in [-0.2, 0) is 13.0 Å². The summed E-state index contributed by atoms with van der Waals surface area (Å²) in [6, 6.07) is 20.6. The zero-order chi connectivity index (χ0) is 18.8. The highest BCUT2D eigenvalue weighted by molar-refractivity contribution is 5.90. The van der Waals surface area contributed by atoms with Crippen LogP contribution >= 0.6 is 0 Å². The maximum absolute atomic E-state index is 13.2. The first-order chi connectivity index (χ1) is 13.1. The van der Waals surface area contributed by atoms with E-state index in [0.29, 0.717) is 6.54 Å². The molecule has 4 rings (SSSR count). The van der Waals surface area contributed by atoms with Crippen molar-refractivity contribution in [2.24, 2.45) is 0 Å². The molecule has 2 heterocycles. The Morgan fingerprint density at radius 1 is 1.00 bits per heavy atom. The summed E-state index contributed by atoms with van der Waals surface area (Å²) in [7, 11) is 0. The minimum atomic E-state index is -0.0305. The molecule has 4 heteroatoms. The number of urea groups is 1. The number of benzene rings is 2. The molecule has 0 fully saturated rings. The first-order valence-electron chi connectivity index (χ1n) is 9.46. The molecule has 0 saturated heterocycles. The molecule has 1 atom stereocenters. The second-order valence-corrected chi connectivity index (χ2v) is 7.20. The number of carbonyl (C=O) groups excluding carboxylic acids is 1. The zero-order valence-electron chi connectivity index (χ0n) is 15.9. The Bertz CT molecular complexity index is 945. The first-order valence-corrected chi connectivity index (χ1v) is 9.46. The summed E-state index contributed by atoms with van der Waals surface area (Å²) in [6.45, 7) is 5.65. The third-order valence-electron chi connectivity index (χ3n) is 5.54. The standard InChI is InChI=1S/C23H25N3O/c1-17-8-6-11-20(18(17)2)24-23(27)26-15-14-25-13-7-12-21(25)22(26)16-19-9-4-3-5-10-19/h3-13,22H,14-16H2,1-2H3,(H,24,27)/t22-/m0/s1. The molecule has 1 aliphatic heterocycles. The molecule has 1 N–H and O–H groups in total. The number of carbonyl (C=O) groups is 1. The fraction of sp³-hybridized carbons (Fsp3) is 0.261. The van der Waals surface area contributed by atoms with Crippen molar-refractivity contribution in [2.45, 2.75) is 32.9 Å². The summed E-state index contributed by atoms with van der Waals surface area (Å²) >= 11 is 0. The summed E-state index contributed by atoms with van der Waals surface area (Å²) in [4.78, 5) is 15.1. The van der Waals surface area contributed by atoms with Gasteiger partial charge in [0.05, 0.1) is 6.04 Å². The quantitative estimate of drug-likeness (QED) is 0.707. The Labute approximate surface area is 160 Å². The predicted molar refractivity (Wildman–Crippen MR) is 109 cm³/mol. The van der Waals surface area contributed by atoms with Gasteiger partial charge in [-0.25, -0.2) is 4.79 Å². The van der Waals surface area contributed by atoms with Crippen molar-refractivity contribution >= 4 is 11.7 Å². The number of hydrogen-bond acceptors (Lipinski definition) is 1. The zero-order valence-corrected chi connectivity index (χ0v) is 15.9. The Balaban J connectivity index is 1.61. The maximum atomic E-state index is 13.2. The molecule has 27 heavy (non-hydrogen) atoms. The van der Waals surface area contributed by atoms with Crippen molar-refractivity contribution in [1.29, 1.82) is 0 Å². The van der Waals surface area contributed by atoms with Crippen LogP contribution in [0, 0.1) is 13.8 Å². The number of aryl methyl sites for hydroxylation is 1. The van der Waals surface area contributed by atoms with Crippen LogP contribution < -0.4 is 5.32 Å². The number of rotatable bonds is 3. The van der Waals surface area contributed by atoms with E-state index in [0.717, 1.165) is 24.2 Å². The van der Waals surface area contributed by atoms with Crippen LogP contribution in [0.5, 0.6) is 0 Å². The number of hydrogen-bond donors (Lipinski definition) is 1. The van der Waals surface area contributed by atoms with Crippen molar-refractivity contribution < 1.29 is 4.79 Å². The van der Waals surface area contributed by atoms with E-state index in [1.165, 1.54) is 16.8 Å². The molecule has 138 valence electrons. The van der Waals surface area contributed by atoms with Gasteiger partial charge in [0.2, 0.25) is 0 Å². The Hall–Kier alpha value is -3.01. The summed E-state index contributed by atoms with van der Waals surface area (Å²) < 4.78 is 2.26. The van der Waals surface area contributed by atoms with E-state index in [9.17, 15) is 4.79 Å². The van der Waals surface area contributed by atoms with Gasteiger partial charge in [-0.1, -0.05) is 42.5 Å². The van der Waals surface area contributed by atoms with Crippen molar-refractivity contribution in [3.8, 4) is 0 Å². The molecule has 0 bridgehead atoms. The Morgan fingerprint density at radius 2 is 1.81 bits per heavy atom. The van der Waals surface area contributed by atoms with Gasteiger partial charge in [-0.15, -0.1) is 0 Å². The number of amides is 2. The van der Waals surface area contributed by atoms with Crippen LogP contribution in [0.2, 0.25) is 0 Å². The van der Waals surface area contributed by atoms with Gasteiger partial charge in [-0.2, -0.15) is 0 Å². The lowest BCUT2D eigenvalue weighted by Gasteiger charge is -2.37. The van der Waals surface area contributed by atoms with Crippen LogP contribution in [0.3, 0.4) is 0 Å². The highest BCUT2D eigenvalue weighted by Crippen LogP contribution is 2.30. The van der Waals surface area contributed by atoms with Gasteiger partial charge in [0.1, 0.15) is 0 Å². The van der Waals surface area contributed by atoms with E-state index in [1.807, 2.05) is 30.0 Å². The average molecular weight is 359 g/mol. The fourth-order valence-electron chi connectivity index (χ4n) is 3.83. The molecule has 0 radical (unpaired) electrons. The van der Waals surface area contributed by atoms with Crippen LogP contribution in [0.1, 0.15) is 28.4 Å². The maximum Gasteiger partial charge on any atom is 0.322 e. The molecular weight excluding hydrogens is 334 g/mol. The molecule has 2 amide bonds. The molecule has 0 unspecified atom stereocenters. The van der Waals surface area contributed by atoms with E-state index in [4.69, 9.17) is 0 Å². The first kappa shape index (κ1) is 17.4. The fourth-order valence-corrected chi connectivity index (χ4v) is 3.83. The third-order valence-corrected chi connectivity index (χ3v) is 5.54. The molecule has 1 aliphatic rings. The molecule has 0 aliphatic carbocycles. The third kappa shape index (κ3) is 3.47. The van der Waals surface area contributed by atoms with Crippen molar-refractivity contribution in [2.75, 3.05) is 11.9 Å². The van der Waals surface area contributed by atoms with Crippen molar-refractivity contribution in [3.05, 3.63) is 89.2 Å². The molecule has 0 saturated carbocycles. The van der Waals surface area contributed by atoms with Gasteiger partial charge in [0.15, 0.2) is 0 Å². The lowest BCUT2D eigenvalue weighted by molar-refractivity contribution is 0.167. The number of anilines is 1. The SMILES string of the molecule is Cc1cccc(NC(=O)N2CCn3cccc3[C@@H]2Cc2ccccc2)c1C. The minimum Gasteiger partial charge on any atom is -0.348 e. The molecule has 0 spiro atoms. The monoisotopic (exact) mass is 359 g/mol. The normalized spacial score (nSPS) is 16.1. The summed E-state index contributed by atoms with van der Waals surface area (Å²) in [6.07, 6.45) is 2.92. The second kappa shape index (κ2) is 7.31. The summed E-state index contributed by atoms with van der Waals surface area (Å²) in [5, 5.41) is 3.14. The number of fused-ring (bicyclic) bond motifs is 1. The lowest BCUT2D eigenvalue weighted by Crippen LogP contribution is -2.44. The number of nitrogens with one attached hydrogen (secondary N) is 1. The smallest absolute Gasteiger partial charge is 0.322 e. The molecule has 3 aromatic rings. The summed E-state index contributed by atoms with van der Waals surface area (Å²) in [5.41, 5.74) is 5.62. The predicted octanol–water partition coefficient (Wildman–Crippen LogP) is 4.94. The number of nitrogens with zero attached hydrogens (tertiary/aromatic N) is 2. The van der Waals surface area contributed by atoms with E-state index in [2.05, 4.69) is 65.5 Å². The van der Waals surface area contributed by atoms with Crippen molar-refractivity contribution in [3.63, 3.8) is 0 Å². The van der Waals surface area contributed by atoms with Gasteiger partial charge >= 0.3 is 6.03 Å². The van der Waals surface area contributed by atoms with E-state index >= 15 is 0 Å². The van der Waals surface area contributed by atoms with Crippen molar-refractivity contribution in [1.82, 2.24) is 9.47 Å².